The number of hydrogen-bond acceptors (Lipinski definition) is 2. The average molecular weight is 658 g/mol. The van der Waals surface area contributed by atoms with Gasteiger partial charge in [-0.3, -0.25) is 0 Å². The van der Waals surface area contributed by atoms with E-state index >= 15 is 0 Å². The van der Waals surface area contributed by atoms with Crippen molar-refractivity contribution in [3.8, 4) is 0 Å². The fourth-order valence-corrected chi connectivity index (χ4v) is 7.11. The molecule has 0 rings (SSSR count). The fourth-order valence-electron chi connectivity index (χ4n) is 5.57. The normalized spacial score (nSPS) is 11.5. The molecule has 39 heavy (non-hydrogen) atoms. The molecular formula is C36H74O2Sn. The first-order valence-corrected chi connectivity index (χ1v) is 20.7. The van der Waals surface area contributed by atoms with Crippen molar-refractivity contribution in [3.63, 3.8) is 0 Å². The summed E-state index contributed by atoms with van der Waals surface area (Å²) in [6.07, 6.45) is 45.7. The Morgan fingerprint density at radius 3 is 0.641 bits per heavy atom. The van der Waals surface area contributed by atoms with Crippen LogP contribution < -0.4 is 0 Å². The molecule has 2 radical (unpaired) electrons. The summed E-state index contributed by atoms with van der Waals surface area (Å²) in [4.78, 5) is 0. The second-order valence-corrected chi connectivity index (χ2v) is 14.5. The van der Waals surface area contributed by atoms with Gasteiger partial charge >= 0.3 is 170 Å². The zero-order valence-electron chi connectivity index (χ0n) is 27.4. The van der Waals surface area contributed by atoms with Gasteiger partial charge in [0.1, 0.15) is 0 Å². The van der Waals surface area contributed by atoms with Gasteiger partial charge in [0.05, 0.1) is 0 Å². The van der Waals surface area contributed by atoms with Crippen molar-refractivity contribution in [3.05, 3.63) is 0 Å². The van der Waals surface area contributed by atoms with Crippen LogP contribution in [-0.2, 0) is 6.15 Å². The third kappa shape index (κ3) is 38.7. The third-order valence-corrected chi connectivity index (χ3v) is 10.2. The van der Waals surface area contributed by atoms with Gasteiger partial charge in [-0.25, -0.2) is 0 Å². The van der Waals surface area contributed by atoms with Crippen molar-refractivity contribution < 1.29 is 6.15 Å². The monoisotopic (exact) mass is 658 g/mol. The molecule has 0 N–H and O–H groups in total. The molecule has 0 amide bonds. The summed E-state index contributed by atoms with van der Waals surface area (Å²) in [6, 6.07) is 0. The maximum absolute atomic E-state index is 5.83. The minimum Gasteiger partial charge on any atom is -0.0654 e. The van der Waals surface area contributed by atoms with Gasteiger partial charge < -0.3 is 0 Å². The van der Waals surface area contributed by atoms with E-state index in [1.54, 1.807) is 0 Å². The van der Waals surface area contributed by atoms with Gasteiger partial charge in [-0.2, -0.15) is 0 Å². The molecule has 0 aromatic carbocycles. The summed E-state index contributed by atoms with van der Waals surface area (Å²) in [7, 11) is 0. The average Bonchev–Trinajstić information content (AvgIpc) is 2.95. The summed E-state index contributed by atoms with van der Waals surface area (Å²) >= 11 is -0.993. The number of unbranched alkanes of at least 4 members (excludes halogenated alkanes) is 30. The van der Waals surface area contributed by atoms with Crippen LogP contribution in [0.4, 0.5) is 0 Å². The summed E-state index contributed by atoms with van der Waals surface area (Å²) in [5, 5.41) is 0. The van der Waals surface area contributed by atoms with Crippen LogP contribution in [0.2, 0.25) is 0 Å². The Balaban J connectivity index is 3.01. The molecule has 0 spiro atoms. The molecule has 0 bridgehead atoms. The van der Waals surface area contributed by atoms with Gasteiger partial charge in [0, 0.05) is 0 Å². The molecule has 0 heterocycles. The molecule has 0 aliphatic carbocycles. The minimum atomic E-state index is -0.993. The Morgan fingerprint density at radius 2 is 0.436 bits per heavy atom. The number of rotatable bonds is 36. The molecule has 0 saturated carbocycles. The van der Waals surface area contributed by atoms with Gasteiger partial charge in [0.25, 0.3) is 0 Å². The molecule has 0 aliphatic rings. The molecule has 2 nitrogen and oxygen atoms in total. The SMILES string of the molecule is CCCCCCCCCCCCCCCCCC[O][Sn][O]CCCCCCCCCCCCCCCCCC. The molecule has 0 aromatic heterocycles. The Labute approximate surface area is 259 Å². The maximum atomic E-state index is 5.83. The van der Waals surface area contributed by atoms with Gasteiger partial charge in [-0.05, 0) is 0 Å². The van der Waals surface area contributed by atoms with E-state index in [2.05, 4.69) is 13.8 Å². The van der Waals surface area contributed by atoms with Gasteiger partial charge in [-0.1, -0.05) is 90.9 Å². The molecule has 0 fully saturated rings. The van der Waals surface area contributed by atoms with Crippen molar-refractivity contribution in [1.82, 2.24) is 0 Å². The zero-order chi connectivity index (χ0) is 28.2. The van der Waals surface area contributed by atoms with Crippen molar-refractivity contribution in [1.29, 1.82) is 0 Å². The van der Waals surface area contributed by atoms with Crippen LogP contribution in [0.3, 0.4) is 0 Å². The first kappa shape index (κ1) is 39.7. The summed E-state index contributed by atoms with van der Waals surface area (Å²) in [6.45, 7) is 6.50. The van der Waals surface area contributed by atoms with Crippen molar-refractivity contribution in [2.45, 2.75) is 219 Å². The van der Waals surface area contributed by atoms with E-state index in [0.29, 0.717) is 0 Å². The summed E-state index contributed by atoms with van der Waals surface area (Å²) in [5.41, 5.74) is 0. The van der Waals surface area contributed by atoms with Crippen LogP contribution in [0.1, 0.15) is 219 Å². The first-order chi connectivity index (χ1) is 19.4. The second-order valence-electron chi connectivity index (χ2n) is 12.4. The van der Waals surface area contributed by atoms with Gasteiger partial charge in [-0.15, -0.1) is 0 Å². The van der Waals surface area contributed by atoms with E-state index < -0.39 is 22.0 Å². The van der Waals surface area contributed by atoms with E-state index in [1.165, 1.54) is 205 Å². The van der Waals surface area contributed by atoms with Crippen molar-refractivity contribution in [2.75, 3.05) is 13.2 Å². The topological polar surface area (TPSA) is 18.5 Å². The minimum absolute atomic E-state index is 0.948. The molecule has 234 valence electrons. The van der Waals surface area contributed by atoms with Crippen molar-refractivity contribution >= 4 is 22.0 Å². The molecule has 0 aromatic rings. The summed E-state index contributed by atoms with van der Waals surface area (Å²) < 4.78 is 11.7. The first-order valence-electron chi connectivity index (χ1n) is 18.4. The Kier molecular flexibility index (Phi) is 39.4. The molecular weight excluding hydrogens is 583 g/mol. The van der Waals surface area contributed by atoms with Gasteiger partial charge in [0.15, 0.2) is 0 Å². The van der Waals surface area contributed by atoms with E-state index in [4.69, 9.17) is 6.15 Å². The van der Waals surface area contributed by atoms with Gasteiger partial charge in [0.2, 0.25) is 0 Å². The molecule has 3 heteroatoms. The molecule has 0 atom stereocenters. The zero-order valence-corrected chi connectivity index (χ0v) is 30.2. The Hall–Kier alpha value is 0.719. The van der Waals surface area contributed by atoms with E-state index in [0.717, 1.165) is 13.2 Å². The Morgan fingerprint density at radius 1 is 0.256 bits per heavy atom. The van der Waals surface area contributed by atoms with E-state index in [1.807, 2.05) is 0 Å². The standard InChI is InChI=1S/2C18H37O.Sn/c2*1-2-3-4-5-6-7-8-9-10-11-12-13-14-15-16-17-18-19;/h2*2-18H2,1H3;/q2*-1;+2. The number of hydrogen-bond donors (Lipinski definition) is 0. The van der Waals surface area contributed by atoms with Crippen LogP contribution in [0.15, 0.2) is 0 Å². The van der Waals surface area contributed by atoms with Crippen molar-refractivity contribution in [2.24, 2.45) is 0 Å². The fraction of sp³-hybridized carbons (Fsp3) is 1.00. The predicted molar refractivity (Wildman–Crippen MR) is 177 cm³/mol. The smallest absolute Gasteiger partial charge is 0.0654 e. The van der Waals surface area contributed by atoms with Crippen LogP contribution >= 0.6 is 0 Å². The second kappa shape index (κ2) is 38.7. The summed E-state index contributed by atoms with van der Waals surface area (Å²) in [5.74, 6) is 0. The predicted octanol–water partition coefficient (Wildman–Crippen LogP) is 13.1. The van der Waals surface area contributed by atoms with Crippen LogP contribution in [0, 0.1) is 0 Å². The third-order valence-electron chi connectivity index (χ3n) is 8.32. The van der Waals surface area contributed by atoms with Crippen LogP contribution in [0.5, 0.6) is 0 Å². The van der Waals surface area contributed by atoms with E-state index in [9.17, 15) is 0 Å². The van der Waals surface area contributed by atoms with Crippen LogP contribution in [-0.4, -0.2) is 35.2 Å². The molecule has 0 aliphatic heterocycles. The van der Waals surface area contributed by atoms with Crippen LogP contribution in [0.25, 0.3) is 0 Å². The molecule has 0 unspecified atom stereocenters. The Bertz CT molecular complexity index is 368. The molecule has 0 saturated heterocycles. The van der Waals surface area contributed by atoms with E-state index in [-0.39, 0.29) is 0 Å². The quantitative estimate of drug-likeness (QED) is 0.0493.